The fraction of sp³-hybridized carbons (Fsp3) is 0.300. The summed E-state index contributed by atoms with van der Waals surface area (Å²) in [6.07, 6.45) is 0. The third-order valence-corrected chi connectivity index (χ3v) is 4.93. The van der Waals surface area contributed by atoms with E-state index in [1.807, 2.05) is 25.1 Å². The highest BCUT2D eigenvalue weighted by molar-refractivity contribution is 6.42. The molecule has 2 amide bonds. The van der Waals surface area contributed by atoms with Crippen LogP contribution in [0.1, 0.15) is 18.1 Å². The highest BCUT2D eigenvalue weighted by Gasteiger charge is 2.26. The lowest BCUT2D eigenvalue weighted by molar-refractivity contribution is -0.142. The zero-order valence-electron chi connectivity index (χ0n) is 15.5. The molecule has 0 aliphatic heterocycles. The summed E-state index contributed by atoms with van der Waals surface area (Å²) >= 11 is 12.0. The number of amides is 2. The molecular weight excluding hydrogens is 387 g/mol. The standard InChI is InChI=1S/C20H22Cl2N2O3/c1-13-6-4-5-7-18(13)27-12-19(25)24(14(2)20(26)23-3)11-15-8-9-16(21)17(22)10-15/h4-10,14H,11-12H2,1-3H3,(H,23,26). The molecule has 0 fully saturated rings. The Labute approximate surface area is 169 Å². The van der Waals surface area contributed by atoms with Crippen LogP contribution in [0.25, 0.3) is 0 Å². The average Bonchev–Trinajstić information content (AvgIpc) is 2.66. The zero-order valence-corrected chi connectivity index (χ0v) is 17.0. The smallest absolute Gasteiger partial charge is 0.261 e. The van der Waals surface area contributed by atoms with Crippen molar-refractivity contribution in [2.45, 2.75) is 26.4 Å². The van der Waals surface area contributed by atoms with Gasteiger partial charge >= 0.3 is 0 Å². The van der Waals surface area contributed by atoms with Crippen molar-refractivity contribution in [3.8, 4) is 5.75 Å². The molecule has 0 aliphatic carbocycles. The molecule has 0 radical (unpaired) electrons. The third kappa shape index (κ3) is 5.62. The van der Waals surface area contributed by atoms with Gasteiger partial charge in [0, 0.05) is 13.6 Å². The lowest BCUT2D eigenvalue weighted by Crippen LogP contribution is -2.48. The number of nitrogens with zero attached hydrogens (tertiary/aromatic N) is 1. The van der Waals surface area contributed by atoms with Crippen molar-refractivity contribution < 1.29 is 14.3 Å². The minimum atomic E-state index is -0.669. The second-order valence-corrected chi connectivity index (χ2v) is 6.93. The first-order chi connectivity index (χ1) is 12.8. The first-order valence-corrected chi connectivity index (χ1v) is 9.22. The number of ether oxygens (including phenoxy) is 1. The van der Waals surface area contributed by atoms with Crippen molar-refractivity contribution in [3.05, 3.63) is 63.6 Å². The Morgan fingerprint density at radius 1 is 1.15 bits per heavy atom. The fourth-order valence-corrected chi connectivity index (χ4v) is 2.89. The molecule has 144 valence electrons. The van der Waals surface area contributed by atoms with Crippen molar-refractivity contribution in [1.82, 2.24) is 10.2 Å². The minimum Gasteiger partial charge on any atom is -0.484 e. The van der Waals surface area contributed by atoms with Crippen molar-refractivity contribution in [3.63, 3.8) is 0 Å². The van der Waals surface area contributed by atoms with Crippen LogP contribution in [0, 0.1) is 6.92 Å². The van der Waals surface area contributed by atoms with E-state index >= 15 is 0 Å². The van der Waals surface area contributed by atoms with Gasteiger partial charge in [0.25, 0.3) is 5.91 Å². The Hall–Kier alpha value is -2.24. The Morgan fingerprint density at radius 2 is 1.85 bits per heavy atom. The lowest BCUT2D eigenvalue weighted by Gasteiger charge is -2.28. The summed E-state index contributed by atoms with van der Waals surface area (Å²) in [6.45, 7) is 3.61. The van der Waals surface area contributed by atoms with E-state index in [9.17, 15) is 9.59 Å². The van der Waals surface area contributed by atoms with Gasteiger partial charge in [0.15, 0.2) is 6.61 Å². The third-order valence-electron chi connectivity index (χ3n) is 4.20. The maximum Gasteiger partial charge on any atom is 0.261 e. The molecule has 2 aromatic rings. The molecule has 0 bridgehead atoms. The summed E-state index contributed by atoms with van der Waals surface area (Å²) in [6, 6.07) is 11.9. The van der Waals surface area contributed by atoms with Crippen LogP contribution in [0.5, 0.6) is 5.75 Å². The Kier molecular flexibility index (Phi) is 7.51. The van der Waals surface area contributed by atoms with Crippen LogP contribution in [-0.2, 0) is 16.1 Å². The van der Waals surface area contributed by atoms with Crippen LogP contribution >= 0.6 is 23.2 Å². The number of nitrogens with one attached hydrogen (secondary N) is 1. The molecule has 7 heteroatoms. The number of hydrogen-bond acceptors (Lipinski definition) is 3. The number of likely N-dealkylation sites (N-methyl/N-ethyl adjacent to an activating group) is 1. The maximum atomic E-state index is 12.8. The van der Waals surface area contributed by atoms with Gasteiger partial charge in [0.2, 0.25) is 5.91 Å². The largest absolute Gasteiger partial charge is 0.484 e. The molecule has 0 saturated heterocycles. The van der Waals surface area contributed by atoms with Crippen molar-refractivity contribution >= 4 is 35.0 Å². The second kappa shape index (κ2) is 9.62. The number of aryl methyl sites for hydroxylation is 1. The second-order valence-electron chi connectivity index (χ2n) is 6.11. The van der Waals surface area contributed by atoms with Gasteiger partial charge in [-0.15, -0.1) is 0 Å². The Morgan fingerprint density at radius 3 is 2.48 bits per heavy atom. The molecule has 1 atom stereocenters. The molecular formula is C20H22Cl2N2O3. The summed E-state index contributed by atoms with van der Waals surface area (Å²) in [7, 11) is 1.53. The molecule has 0 saturated carbocycles. The number of para-hydroxylation sites is 1. The van der Waals surface area contributed by atoms with E-state index < -0.39 is 6.04 Å². The molecule has 0 aliphatic rings. The van der Waals surface area contributed by atoms with Gasteiger partial charge in [-0.05, 0) is 43.2 Å². The molecule has 27 heavy (non-hydrogen) atoms. The summed E-state index contributed by atoms with van der Waals surface area (Å²) in [5.74, 6) is 0.0626. The van der Waals surface area contributed by atoms with E-state index in [-0.39, 0.29) is 25.0 Å². The van der Waals surface area contributed by atoms with E-state index in [0.717, 1.165) is 11.1 Å². The van der Waals surface area contributed by atoms with Crippen molar-refractivity contribution in [1.29, 1.82) is 0 Å². The number of hydrogen-bond donors (Lipinski definition) is 1. The van der Waals surface area contributed by atoms with Gasteiger partial charge in [-0.25, -0.2) is 0 Å². The van der Waals surface area contributed by atoms with Gasteiger partial charge in [-0.1, -0.05) is 47.5 Å². The topological polar surface area (TPSA) is 58.6 Å². The predicted octanol–water partition coefficient (Wildman–Crippen LogP) is 3.84. The first-order valence-electron chi connectivity index (χ1n) is 8.47. The predicted molar refractivity (Wildman–Crippen MR) is 107 cm³/mol. The van der Waals surface area contributed by atoms with Crippen LogP contribution < -0.4 is 10.1 Å². The van der Waals surface area contributed by atoms with Gasteiger partial charge in [-0.3, -0.25) is 9.59 Å². The van der Waals surface area contributed by atoms with Crippen LogP contribution in [0.3, 0.4) is 0 Å². The zero-order chi connectivity index (χ0) is 20.0. The highest BCUT2D eigenvalue weighted by Crippen LogP contribution is 2.24. The first kappa shape index (κ1) is 21.1. The molecule has 2 rings (SSSR count). The molecule has 0 aromatic heterocycles. The van der Waals surface area contributed by atoms with Gasteiger partial charge < -0.3 is 15.0 Å². The van der Waals surface area contributed by atoms with Gasteiger partial charge in [0.1, 0.15) is 11.8 Å². The summed E-state index contributed by atoms with van der Waals surface area (Å²) in [5, 5.41) is 3.39. The highest BCUT2D eigenvalue weighted by atomic mass is 35.5. The summed E-state index contributed by atoms with van der Waals surface area (Å²) < 4.78 is 5.65. The number of rotatable bonds is 7. The quantitative estimate of drug-likeness (QED) is 0.756. The minimum absolute atomic E-state index is 0.173. The van der Waals surface area contributed by atoms with E-state index in [4.69, 9.17) is 27.9 Å². The van der Waals surface area contributed by atoms with Crippen LogP contribution in [-0.4, -0.2) is 36.4 Å². The van der Waals surface area contributed by atoms with Crippen molar-refractivity contribution in [2.24, 2.45) is 0 Å². The molecule has 0 heterocycles. The summed E-state index contributed by atoms with van der Waals surface area (Å²) in [4.78, 5) is 26.4. The number of benzene rings is 2. The fourth-order valence-electron chi connectivity index (χ4n) is 2.57. The maximum absolute atomic E-state index is 12.8. The number of halogens is 2. The average molecular weight is 409 g/mol. The van der Waals surface area contributed by atoms with E-state index in [0.29, 0.717) is 15.8 Å². The van der Waals surface area contributed by atoms with Crippen LogP contribution in [0.4, 0.5) is 0 Å². The van der Waals surface area contributed by atoms with E-state index in [1.165, 1.54) is 11.9 Å². The number of carbonyl (C=O) groups is 2. The molecule has 1 unspecified atom stereocenters. The van der Waals surface area contributed by atoms with Crippen LogP contribution in [0.2, 0.25) is 10.0 Å². The van der Waals surface area contributed by atoms with Crippen molar-refractivity contribution in [2.75, 3.05) is 13.7 Å². The molecule has 1 N–H and O–H groups in total. The molecule has 2 aromatic carbocycles. The Bertz CT molecular complexity index is 827. The summed E-state index contributed by atoms with van der Waals surface area (Å²) in [5.41, 5.74) is 1.70. The van der Waals surface area contributed by atoms with E-state index in [1.54, 1.807) is 31.2 Å². The van der Waals surface area contributed by atoms with Crippen LogP contribution in [0.15, 0.2) is 42.5 Å². The number of carbonyl (C=O) groups excluding carboxylic acids is 2. The van der Waals surface area contributed by atoms with Gasteiger partial charge in [0.05, 0.1) is 10.0 Å². The lowest BCUT2D eigenvalue weighted by atomic mass is 10.1. The van der Waals surface area contributed by atoms with E-state index in [2.05, 4.69) is 5.32 Å². The Balaban J connectivity index is 2.17. The monoisotopic (exact) mass is 408 g/mol. The molecule has 0 spiro atoms. The van der Waals surface area contributed by atoms with Gasteiger partial charge in [-0.2, -0.15) is 0 Å². The molecule has 5 nitrogen and oxygen atoms in total. The SMILES string of the molecule is CNC(=O)C(C)N(Cc1ccc(Cl)c(Cl)c1)C(=O)COc1ccccc1C. The normalized spacial score (nSPS) is 11.6.